The molecule has 1 amide bonds. The van der Waals surface area contributed by atoms with Crippen molar-refractivity contribution < 1.29 is 13.6 Å². The first kappa shape index (κ1) is 16.3. The second kappa shape index (κ2) is 6.49. The number of rotatable bonds is 3. The highest BCUT2D eigenvalue weighted by Gasteiger charge is 2.14. The third kappa shape index (κ3) is 3.33. The molecule has 0 saturated carbocycles. The van der Waals surface area contributed by atoms with Gasteiger partial charge < -0.3 is 0 Å². The van der Waals surface area contributed by atoms with Crippen molar-refractivity contribution in [1.82, 2.24) is 4.98 Å². The second-order valence-corrected chi connectivity index (χ2v) is 6.58. The van der Waals surface area contributed by atoms with Crippen LogP contribution >= 0.6 is 11.3 Å². The molecule has 1 aromatic heterocycles. The lowest BCUT2D eigenvalue weighted by Crippen LogP contribution is -2.11. The molecule has 0 aliphatic rings. The van der Waals surface area contributed by atoms with Gasteiger partial charge in [0.25, 0.3) is 5.91 Å². The van der Waals surface area contributed by atoms with E-state index in [1.54, 1.807) is 12.1 Å². The topological polar surface area (TPSA) is 42.0 Å². The van der Waals surface area contributed by atoms with Crippen molar-refractivity contribution in [1.29, 1.82) is 0 Å². The van der Waals surface area contributed by atoms with E-state index in [1.165, 1.54) is 17.4 Å². The number of hydrogen-bond acceptors (Lipinski definition) is 3. The van der Waals surface area contributed by atoms with E-state index in [1.807, 2.05) is 26.0 Å². The van der Waals surface area contributed by atoms with Crippen molar-refractivity contribution >= 4 is 22.4 Å². The predicted molar refractivity (Wildman–Crippen MR) is 91.3 cm³/mol. The van der Waals surface area contributed by atoms with Crippen LogP contribution in [-0.4, -0.2) is 10.9 Å². The van der Waals surface area contributed by atoms with Crippen LogP contribution in [0.2, 0.25) is 0 Å². The van der Waals surface area contributed by atoms with E-state index >= 15 is 0 Å². The molecule has 3 aromatic rings. The van der Waals surface area contributed by atoms with Crippen LogP contribution in [0.5, 0.6) is 0 Å². The number of nitrogens with zero attached hydrogens (tertiary/aromatic N) is 1. The summed E-state index contributed by atoms with van der Waals surface area (Å²) >= 11 is 1.29. The van der Waals surface area contributed by atoms with Gasteiger partial charge >= 0.3 is 0 Å². The standard InChI is InChI=1S/C18H14F2N2OS/c1-10-3-5-12(6-4-10)17(23)22-18-21-16(11(2)24-18)13-7-8-14(19)15(20)9-13/h3-9H,1-2H3,(H,21,22,23). The summed E-state index contributed by atoms with van der Waals surface area (Å²) in [4.78, 5) is 17.4. The zero-order valence-electron chi connectivity index (χ0n) is 13.1. The van der Waals surface area contributed by atoms with Crippen LogP contribution < -0.4 is 5.32 Å². The Hall–Kier alpha value is -2.60. The molecule has 0 radical (unpaired) electrons. The fourth-order valence-electron chi connectivity index (χ4n) is 2.24. The quantitative estimate of drug-likeness (QED) is 0.730. The SMILES string of the molecule is Cc1ccc(C(=O)Nc2nc(-c3ccc(F)c(F)c3)c(C)s2)cc1. The first-order valence-electron chi connectivity index (χ1n) is 7.25. The van der Waals surface area contributed by atoms with Gasteiger partial charge in [0.15, 0.2) is 16.8 Å². The zero-order valence-corrected chi connectivity index (χ0v) is 13.9. The van der Waals surface area contributed by atoms with Gasteiger partial charge in [0.2, 0.25) is 0 Å². The molecule has 0 atom stereocenters. The van der Waals surface area contributed by atoms with E-state index in [2.05, 4.69) is 10.3 Å². The number of nitrogens with one attached hydrogen (secondary N) is 1. The van der Waals surface area contributed by atoms with Gasteiger partial charge in [-0.1, -0.05) is 17.7 Å². The molecular weight excluding hydrogens is 330 g/mol. The highest BCUT2D eigenvalue weighted by Crippen LogP contribution is 2.31. The first-order chi connectivity index (χ1) is 11.4. The lowest BCUT2D eigenvalue weighted by Gasteiger charge is -2.02. The number of hydrogen-bond donors (Lipinski definition) is 1. The van der Waals surface area contributed by atoms with E-state index in [-0.39, 0.29) is 5.91 Å². The van der Waals surface area contributed by atoms with Gasteiger partial charge in [-0.3, -0.25) is 10.1 Å². The molecule has 24 heavy (non-hydrogen) atoms. The van der Waals surface area contributed by atoms with Crippen molar-refractivity contribution in [2.24, 2.45) is 0 Å². The molecule has 0 bridgehead atoms. The number of thiazole rings is 1. The summed E-state index contributed by atoms with van der Waals surface area (Å²) < 4.78 is 26.5. The Kier molecular flexibility index (Phi) is 4.40. The number of halogens is 2. The van der Waals surface area contributed by atoms with Gasteiger partial charge in [0.05, 0.1) is 5.69 Å². The van der Waals surface area contributed by atoms with Crippen LogP contribution in [0.4, 0.5) is 13.9 Å². The Balaban J connectivity index is 1.84. The van der Waals surface area contributed by atoms with E-state index in [4.69, 9.17) is 0 Å². The molecule has 0 aliphatic carbocycles. The third-order valence-electron chi connectivity index (χ3n) is 3.52. The Labute approximate surface area is 142 Å². The maximum atomic E-state index is 13.4. The summed E-state index contributed by atoms with van der Waals surface area (Å²) in [5.41, 5.74) is 2.59. The molecule has 0 spiro atoms. The molecule has 0 fully saturated rings. The number of aryl methyl sites for hydroxylation is 2. The Morgan fingerprint density at radius 3 is 2.42 bits per heavy atom. The van der Waals surface area contributed by atoms with Crippen LogP contribution in [0.1, 0.15) is 20.8 Å². The molecular formula is C18H14F2N2OS. The average molecular weight is 344 g/mol. The van der Waals surface area contributed by atoms with E-state index in [9.17, 15) is 13.6 Å². The molecule has 1 heterocycles. The fraction of sp³-hybridized carbons (Fsp3) is 0.111. The van der Waals surface area contributed by atoms with Crippen LogP contribution in [0.25, 0.3) is 11.3 Å². The average Bonchev–Trinajstić information content (AvgIpc) is 2.91. The number of carbonyl (C=O) groups excluding carboxylic acids is 1. The molecule has 0 aliphatic heterocycles. The Bertz CT molecular complexity index is 904. The molecule has 0 unspecified atom stereocenters. The van der Waals surface area contributed by atoms with Crippen molar-refractivity contribution in [2.45, 2.75) is 13.8 Å². The fourth-order valence-corrected chi connectivity index (χ4v) is 3.07. The largest absolute Gasteiger partial charge is 0.298 e. The molecule has 3 rings (SSSR count). The molecule has 0 saturated heterocycles. The maximum absolute atomic E-state index is 13.4. The third-order valence-corrected chi connectivity index (χ3v) is 4.41. The minimum atomic E-state index is -0.926. The van der Waals surface area contributed by atoms with Crippen molar-refractivity contribution in [3.05, 3.63) is 70.1 Å². The molecule has 3 nitrogen and oxygen atoms in total. The monoisotopic (exact) mass is 344 g/mol. The predicted octanol–water partition coefficient (Wildman–Crippen LogP) is 4.96. The van der Waals surface area contributed by atoms with Gasteiger partial charge in [-0.25, -0.2) is 13.8 Å². The molecule has 6 heteroatoms. The Morgan fingerprint density at radius 2 is 1.75 bits per heavy atom. The van der Waals surface area contributed by atoms with E-state index in [0.717, 1.165) is 22.6 Å². The summed E-state index contributed by atoms with van der Waals surface area (Å²) in [6, 6.07) is 10.8. The van der Waals surface area contributed by atoms with Crippen LogP contribution in [0, 0.1) is 25.5 Å². The summed E-state index contributed by atoms with van der Waals surface area (Å²) in [6.07, 6.45) is 0. The van der Waals surface area contributed by atoms with E-state index in [0.29, 0.717) is 22.0 Å². The van der Waals surface area contributed by atoms with Crippen LogP contribution in [0.15, 0.2) is 42.5 Å². The minimum Gasteiger partial charge on any atom is -0.298 e. The maximum Gasteiger partial charge on any atom is 0.257 e. The van der Waals surface area contributed by atoms with Crippen molar-refractivity contribution in [2.75, 3.05) is 5.32 Å². The lowest BCUT2D eigenvalue weighted by atomic mass is 10.1. The normalized spacial score (nSPS) is 10.7. The van der Waals surface area contributed by atoms with Gasteiger partial charge in [-0.05, 0) is 44.2 Å². The van der Waals surface area contributed by atoms with Gasteiger partial charge in [0, 0.05) is 16.0 Å². The van der Waals surface area contributed by atoms with E-state index < -0.39 is 11.6 Å². The van der Waals surface area contributed by atoms with Gasteiger partial charge in [0.1, 0.15) is 0 Å². The number of amides is 1. The van der Waals surface area contributed by atoms with Crippen molar-refractivity contribution in [3.8, 4) is 11.3 Å². The molecule has 122 valence electrons. The number of carbonyl (C=O) groups is 1. The molecule has 1 N–H and O–H groups in total. The smallest absolute Gasteiger partial charge is 0.257 e. The second-order valence-electron chi connectivity index (χ2n) is 5.37. The van der Waals surface area contributed by atoms with Crippen LogP contribution in [0.3, 0.4) is 0 Å². The minimum absolute atomic E-state index is 0.263. The van der Waals surface area contributed by atoms with Gasteiger partial charge in [-0.2, -0.15) is 0 Å². The van der Waals surface area contributed by atoms with Crippen molar-refractivity contribution in [3.63, 3.8) is 0 Å². The molecule has 2 aromatic carbocycles. The number of benzene rings is 2. The summed E-state index contributed by atoms with van der Waals surface area (Å²) in [5, 5.41) is 3.15. The first-order valence-corrected chi connectivity index (χ1v) is 8.06. The summed E-state index contributed by atoms with van der Waals surface area (Å²) in [5.74, 6) is -2.09. The lowest BCUT2D eigenvalue weighted by molar-refractivity contribution is 0.102. The number of anilines is 1. The summed E-state index contributed by atoms with van der Waals surface area (Å²) in [7, 11) is 0. The highest BCUT2D eigenvalue weighted by atomic mass is 32.1. The highest BCUT2D eigenvalue weighted by molar-refractivity contribution is 7.16. The zero-order chi connectivity index (χ0) is 17.3. The van der Waals surface area contributed by atoms with Crippen LogP contribution in [-0.2, 0) is 0 Å². The number of aromatic nitrogens is 1. The Morgan fingerprint density at radius 1 is 1.04 bits per heavy atom. The summed E-state index contributed by atoms with van der Waals surface area (Å²) in [6.45, 7) is 3.76. The van der Waals surface area contributed by atoms with Gasteiger partial charge in [-0.15, -0.1) is 11.3 Å².